The van der Waals surface area contributed by atoms with Gasteiger partial charge in [-0.15, -0.1) is 0 Å². The maximum absolute atomic E-state index is 12.5. The molecule has 21 heavy (non-hydrogen) atoms. The van der Waals surface area contributed by atoms with Crippen molar-refractivity contribution < 1.29 is 14.3 Å². The molecule has 5 heteroatoms. The molecule has 0 radical (unpaired) electrons. The molecule has 0 saturated carbocycles. The molecule has 0 aromatic heterocycles. The third kappa shape index (κ3) is 3.25. The van der Waals surface area contributed by atoms with Crippen LogP contribution in [-0.4, -0.2) is 27.2 Å². The summed E-state index contributed by atoms with van der Waals surface area (Å²) in [7, 11) is 4.85. The first kappa shape index (κ1) is 14.7. The Morgan fingerprint density at radius 3 is 2.19 bits per heavy atom. The zero-order valence-electron chi connectivity index (χ0n) is 12.3. The summed E-state index contributed by atoms with van der Waals surface area (Å²) in [6.45, 7) is 0. The van der Waals surface area contributed by atoms with Gasteiger partial charge in [0.1, 0.15) is 11.5 Å². The van der Waals surface area contributed by atoms with Crippen LogP contribution in [0.4, 0.5) is 11.4 Å². The molecule has 0 aliphatic rings. The monoisotopic (exact) mass is 286 g/mol. The van der Waals surface area contributed by atoms with Crippen LogP contribution in [0.1, 0.15) is 10.4 Å². The largest absolute Gasteiger partial charge is 0.497 e. The van der Waals surface area contributed by atoms with Gasteiger partial charge in [-0.25, -0.2) is 0 Å². The van der Waals surface area contributed by atoms with E-state index < -0.39 is 0 Å². The summed E-state index contributed by atoms with van der Waals surface area (Å²) in [6.07, 6.45) is 0. The predicted octanol–water partition coefficient (Wildman–Crippen LogP) is 2.56. The summed E-state index contributed by atoms with van der Waals surface area (Å²) in [5, 5.41) is 0. The average molecular weight is 286 g/mol. The molecule has 0 fully saturated rings. The van der Waals surface area contributed by atoms with Crippen LogP contribution in [0, 0.1) is 0 Å². The van der Waals surface area contributed by atoms with Crippen LogP contribution in [0.15, 0.2) is 42.5 Å². The van der Waals surface area contributed by atoms with E-state index in [1.807, 2.05) is 12.1 Å². The van der Waals surface area contributed by atoms with Gasteiger partial charge in [-0.1, -0.05) is 0 Å². The molecule has 2 aromatic carbocycles. The number of hydrogen-bond donors (Lipinski definition) is 1. The van der Waals surface area contributed by atoms with Crippen LogP contribution in [0.3, 0.4) is 0 Å². The molecule has 0 aliphatic heterocycles. The number of ether oxygens (including phenoxy) is 2. The molecule has 110 valence electrons. The number of methoxy groups -OCH3 is 2. The molecule has 0 atom stereocenters. The number of carbonyl (C=O) groups excluding carboxylic acids is 1. The summed E-state index contributed by atoms with van der Waals surface area (Å²) in [4.78, 5) is 14.1. The lowest BCUT2D eigenvalue weighted by molar-refractivity contribution is 0.0992. The lowest BCUT2D eigenvalue weighted by atomic mass is 10.1. The van der Waals surface area contributed by atoms with E-state index in [0.29, 0.717) is 17.0 Å². The Morgan fingerprint density at radius 1 is 1.00 bits per heavy atom. The molecular weight excluding hydrogens is 268 g/mol. The van der Waals surface area contributed by atoms with Crippen molar-refractivity contribution in [3.05, 3.63) is 48.0 Å². The Kier molecular flexibility index (Phi) is 4.33. The number of amides is 1. The molecule has 0 spiro atoms. The van der Waals surface area contributed by atoms with Crippen LogP contribution >= 0.6 is 0 Å². The van der Waals surface area contributed by atoms with Crippen molar-refractivity contribution in [1.29, 1.82) is 0 Å². The van der Waals surface area contributed by atoms with Crippen molar-refractivity contribution in [2.24, 2.45) is 0 Å². The van der Waals surface area contributed by atoms with Gasteiger partial charge in [0.25, 0.3) is 5.91 Å². The number of anilines is 2. The fourth-order valence-electron chi connectivity index (χ4n) is 1.98. The summed E-state index contributed by atoms with van der Waals surface area (Å²) in [5.41, 5.74) is 7.51. The normalized spacial score (nSPS) is 10.0. The Labute approximate surface area is 123 Å². The van der Waals surface area contributed by atoms with Gasteiger partial charge in [-0.3, -0.25) is 4.79 Å². The van der Waals surface area contributed by atoms with Crippen molar-refractivity contribution in [2.75, 3.05) is 31.9 Å². The van der Waals surface area contributed by atoms with E-state index in [0.717, 1.165) is 11.4 Å². The van der Waals surface area contributed by atoms with Gasteiger partial charge in [0.15, 0.2) is 0 Å². The Bertz CT molecular complexity index is 638. The molecule has 0 unspecified atom stereocenters. The van der Waals surface area contributed by atoms with Crippen LogP contribution in [-0.2, 0) is 0 Å². The SMILES string of the molecule is COc1ccc(N(C)C(=O)c2cc(N)cc(OC)c2)cc1. The quantitative estimate of drug-likeness (QED) is 0.877. The van der Waals surface area contributed by atoms with E-state index in [2.05, 4.69) is 0 Å². The molecule has 0 heterocycles. The van der Waals surface area contributed by atoms with E-state index in [1.165, 1.54) is 7.11 Å². The smallest absolute Gasteiger partial charge is 0.258 e. The van der Waals surface area contributed by atoms with Crippen molar-refractivity contribution in [1.82, 2.24) is 0 Å². The maximum atomic E-state index is 12.5. The fraction of sp³-hybridized carbons (Fsp3) is 0.188. The molecule has 2 N–H and O–H groups in total. The van der Waals surface area contributed by atoms with E-state index in [4.69, 9.17) is 15.2 Å². The van der Waals surface area contributed by atoms with Gasteiger partial charge in [0.2, 0.25) is 0 Å². The van der Waals surface area contributed by atoms with Gasteiger partial charge in [0, 0.05) is 30.1 Å². The molecule has 1 amide bonds. The average Bonchev–Trinajstić information content (AvgIpc) is 2.52. The third-order valence-corrected chi connectivity index (χ3v) is 3.18. The highest BCUT2D eigenvalue weighted by Gasteiger charge is 2.15. The summed E-state index contributed by atoms with van der Waals surface area (Å²) in [5.74, 6) is 1.14. The topological polar surface area (TPSA) is 64.8 Å². The van der Waals surface area contributed by atoms with Gasteiger partial charge in [0.05, 0.1) is 14.2 Å². The Balaban J connectivity index is 2.27. The molecule has 2 aromatic rings. The highest BCUT2D eigenvalue weighted by molar-refractivity contribution is 6.06. The lowest BCUT2D eigenvalue weighted by Gasteiger charge is -2.18. The zero-order chi connectivity index (χ0) is 15.4. The van der Waals surface area contributed by atoms with E-state index >= 15 is 0 Å². The van der Waals surface area contributed by atoms with Crippen molar-refractivity contribution in [3.8, 4) is 11.5 Å². The first-order chi connectivity index (χ1) is 10.0. The molecular formula is C16H18N2O3. The fourth-order valence-corrected chi connectivity index (χ4v) is 1.98. The van der Waals surface area contributed by atoms with Crippen LogP contribution < -0.4 is 20.1 Å². The lowest BCUT2D eigenvalue weighted by Crippen LogP contribution is -2.26. The van der Waals surface area contributed by atoms with Crippen LogP contribution in [0.2, 0.25) is 0 Å². The van der Waals surface area contributed by atoms with E-state index in [-0.39, 0.29) is 5.91 Å². The number of hydrogen-bond acceptors (Lipinski definition) is 4. The Morgan fingerprint density at radius 2 is 1.62 bits per heavy atom. The minimum atomic E-state index is -0.161. The zero-order valence-corrected chi connectivity index (χ0v) is 12.3. The minimum Gasteiger partial charge on any atom is -0.497 e. The molecule has 0 bridgehead atoms. The van der Waals surface area contributed by atoms with Crippen LogP contribution in [0.25, 0.3) is 0 Å². The van der Waals surface area contributed by atoms with Crippen molar-refractivity contribution in [3.63, 3.8) is 0 Å². The molecule has 0 aliphatic carbocycles. The molecule has 5 nitrogen and oxygen atoms in total. The maximum Gasteiger partial charge on any atom is 0.258 e. The molecule has 0 saturated heterocycles. The second-order valence-corrected chi connectivity index (χ2v) is 4.56. The first-order valence-corrected chi connectivity index (χ1v) is 6.42. The molecule has 2 rings (SSSR count). The van der Waals surface area contributed by atoms with E-state index in [1.54, 1.807) is 49.4 Å². The van der Waals surface area contributed by atoms with Crippen molar-refractivity contribution >= 4 is 17.3 Å². The van der Waals surface area contributed by atoms with Gasteiger partial charge >= 0.3 is 0 Å². The third-order valence-electron chi connectivity index (χ3n) is 3.18. The second-order valence-electron chi connectivity index (χ2n) is 4.56. The number of rotatable bonds is 4. The summed E-state index contributed by atoms with van der Waals surface area (Å²) in [6, 6.07) is 12.2. The van der Waals surface area contributed by atoms with E-state index in [9.17, 15) is 4.79 Å². The number of benzene rings is 2. The number of nitrogens with zero attached hydrogens (tertiary/aromatic N) is 1. The number of nitrogen functional groups attached to an aromatic ring is 1. The van der Waals surface area contributed by atoms with Gasteiger partial charge < -0.3 is 20.1 Å². The highest BCUT2D eigenvalue weighted by atomic mass is 16.5. The second kappa shape index (κ2) is 6.17. The Hall–Kier alpha value is -2.69. The summed E-state index contributed by atoms with van der Waals surface area (Å²) < 4.78 is 10.2. The van der Waals surface area contributed by atoms with Gasteiger partial charge in [-0.2, -0.15) is 0 Å². The van der Waals surface area contributed by atoms with Gasteiger partial charge in [-0.05, 0) is 36.4 Å². The predicted molar refractivity (Wildman–Crippen MR) is 83.1 cm³/mol. The number of nitrogens with two attached hydrogens (primary N) is 1. The van der Waals surface area contributed by atoms with Crippen molar-refractivity contribution in [2.45, 2.75) is 0 Å². The standard InChI is InChI=1S/C16H18N2O3/c1-18(13-4-6-14(20-2)7-5-13)16(19)11-8-12(17)10-15(9-11)21-3/h4-10H,17H2,1-3H3. The summed E-state index contributed by atoms with van der Waals surface area (Å²) >= 11 is 0. The highest BCUT2D eigenvalue weighted by Crippen LogP contribution is 2.23. The number of carbonyl (C=O) groups is 1. The van der Waals surface area contributed by atoms with Crippen LogP contribution in [0.5, 0.6) is 11.5 Å². The minimum absolute atomic E-state index is 0.161. The first-order valence-electron chi connectivity index (χ1n) is 6.42.